The summed E-state index contributed by atoms with van der Waals surface area (Å²) < 4.78 is 70.9. The second kappa shape index (κ2) is 9.05. The van der Waals surface area contributed by atoms with E-state index in [1.165, 1.54) is 6.07 Å². The summed E-state index contributed by atoms with van der Waals surface area (Å²) in [6.45, 7) is -1.34. The second-order valence-electron chi connectivity index (χ2n) is 5.22. The van der Waals surface area contributed by atoms with Crippen molar-refractivity contribution in [1.82, 2.24) is 9.97 Å². The van der Waals surface area contributed by atoms with Crippen molar-refractivity contribution in [1.29, 1.82) is 0 Å². The van der Waals surface area contributed by atoms with E-state index in [9.17, 15) is 26.4 Å². The van der Waals surface area contributed by atoms with Gasteiger partial charge in [-0.3, -0.25) is 0 Å². The molecule has 7 nitrogen and oxygen atoms in total. The van der Waals surface area contributed by atoms with Crippen LogP contribution < -0.4 is 4.31 Å². The number of halogens is 5. The molecule has 1 aromatic carbocycles. The molecule has 0 aliphatic carbocycles. The van der Waals surface area contributed by atoms with Gasteiger partial charge in [0.15, 0.2) is 11.5 Å². The average Bonchev–Trinajstić information content (AvgIpc) is 2.65. The van der Waals surface area contributed by atoms with Crippen LogP contribution in [0.15, 0.2) is 29.0 Å². The van der Waals surface area contributed by atoms with Crippen LogP contribution in [0.2, 0.25) is 5.02 Å². The zero-order valence-electron chi connectivity index (χ0n) is 14.1. The molecule has 0 radical (unpaired) electrons. The highest BCUT2D eigenvalue weighted by Crippen LogP contribution is 2.31. The van der Waals surface area contributed by atoms with Crippen LogP contribution in [0.1, 0.15) is 16.1 Å². The van der Waals surface area contributed by atoms with E-state index in [0.29, 0.717) is 0 Å². The van der Waals surface area contributed by atoms with E-state index in [-0.39, 0.29) is 13.8 Å². The van der Waals surface area contributed by atoms with Crippen molar-refractivity contribution in [2.75, 3.05) is 18.0 Å². The minimum Gasteiger partial charge on any atom is -0.464 e. The number of nitrogens with zero attached hydrogens (tertiary/aromatic N) is 3. The van der Waals surface area contributed by atoms with E-state index < -0.39 is 57.6 Å². The largest absolute Gasteiger partial charge is 0.464 e. The Labute approximate surface area is 171 Å². The zero-order chi connectivity index (χ0) is 21.1. The third-order valence-corrected chi connectivity index (χ3v) is 6.37. The minimum absolute atomic E-state index is 0.188. The van der Waals surface area contributed by atoms with Gasteiger partial charge in [0, 0.05) is 22.4 Å². The smallest absolute Gasteiger partial charge is 0.360 e. The fourth-order valence-electron chi connectivity index (χ4n) is 2.17. The van der Waals surface area contributed by atoms with Crippen molar-refractivity contribution >= 4 is 49.3 Å². The predicted octanol–water partition coefficient (Wildman–Crippen LogP) is 3.42. The predicted molar refractivity (Wildman–Crippen MR) is 98.5 cm³/mol. The minimum atomic E-state index is -4.65. The molecule has 0 atom stereocenters. The molecule has 2 aromatic rings. The number of sulfonamides is 1. The summed E-state index contributed by atoms with van der Waals surface area (Å²) in [5.41, 5.74) is -1.02. The topological polar surface area (TPSA) is 89.5 Å². The first-order valence-electron chi connectivity index (χ1n) is 7.38. The van der Waals surface area contributed by atoms with E-state index in [1.54, 1.807) is 0 Å². The highest BCUT2D eigenvalue weighted by Gasteiger charge is 2.33. The summed E-state index contributed by atoms with van der Waals surface area (Å²) in [6.07, 6.45) is -1.04. The van der Waals surface area contributed by atoms with Gasteiger partial charge in [-0.2, -0.15) is 0 Å². The Morgan fingerprint density at radius 2 is 1.96 bits per heavy atom. The van der Waals surface area contributed by atoms with Crippen LogP contribution in [0.25, 0.3) is 0 Å². The molecule has 0 saturated carbocycles. The molecule has 0 amide bonds. The third-order valence-electron chi connectivity index (χ3n) is 3.40. The lowest BCUT2D eigenvalue weighted by Gasteiger charge is -2.24. The van der Waals surface area contributed by atoms with E-state index in [2.05, 4.69) is 30.6 Å². The highest BCUT2D eigenvalue weighted by molar-refractivity contribution is 9.10. The molecule has 28 heavy (non-hydrogen) atoms. The SMILES string of the molecule is COC(=O)c1nccnc1N(CC(F)F)S(=O)(=O)Cc1c(F)ccc(Br)c1Cl. The molecule has 0 aliphatic rings. The van der Waals surface area contributed by atoms with Gasteiger partial charge in [-0.1, -0.05) is 11.6 Å². The van der Waals surface area contributed by atoms with Gasteiger partial charge in [-0.25, -0.2) is 40.7 Å². The van der Waals surface area contributed by atoms with Gasteiger partial charge in [0.05, 0.1) is 24.4 Å². The molecule has 0 fully saturated rings. The summed E-state index contributed by atoms with van der Waals surface area (Å²) in [5.74, 6) is -3.74. The van der Waals surface area contributed by atoms with E-state index in [1.807, 2.05) is 0 Å². The second-order valence-corrected chi connectivity index (χ2v) is 8.35. The molecule has 13 heteroatoms. The average molecular weight is 503 g/mol. The summed E-state index contributed by atoms with van der Waals surface area (Å²) >= 11 is 8.98. The fourth-order valence-corrected chi connectivity index (χ4v) is 4.38. The molecule has 0 bridgehead atoms. The Morgan fingerprint density at radius 1 is 1.32 bits per heavy atom. The number of hydrogen-bond donors (Lipinski definition) is 0. The van der Waals surface area contributed by atoms with Gasteiger partial charge in [0.1, 0.15) is 5.82 Å². The van der Waals surface area contributed by atoms with Crippen molar-refractivity contribution < 1.29 is 31.1 Å². The van der Waals surface area contributed by atoms with Crippen molar-refractivity contribution in [2.24, 2.45) is 0 Å². The maximum absolute atomic E-state index is 14.1. The maximum atomic E-state index is 14.1. The van der Waals surface area contributed by atoms with Crippen molar-refractivity contribution in [3.8, 4) is 0 Å². The molecule has 0 saturated heterocycles. The van der Waals surface area contributed by atoms with Crippen molar-refractivity contribution in [3.63, 3.8) is 0 Å². The van der Waals surface area contributed by atoms with Gasteiger partial charge >= 0.3 is 5.97 Å². The van der Waals surface area contributed by atoms with Gasteiger partial charge < -0.3 is 4.74 Å². The molecule has 0 N–H and O–H groups in total. The molecule has 0 aliphatic heterocycles. The molecule has 2 rings (SSSR count). The Balaban J connectivity index is 2.58. The van der Waals surface area contributed by atoms with E-state index in [4.69, 9.17) is 11.6 Å². The fraction of sp³-hybridized carbons (Fsp3) is 0.267. The number of rotatable bonds is 7. The lowest BCUT2D eigenvalue weighted by molar-refractivity contribution is 0.0594. The third kappa shape index (κ3) is 4.92. The van der Waals surface area contributed by atoms with E-state index in [0.717, 1.165) is 25.6 Å². The number of carbonyl (C=O) groups excluding carboxylic acids is 1. The molecular formula is C15H12BrClF3N3O4S. The van der Waals surface area contributed by atoms with Crippen molar-refractivity contribution in [2.45, 2.75) is 12.2 Å². The number of hydrogen-bond acceptors (Lipinski definition) is 6. The van der Waals surface area contributed by atoms with Gasteiger partial charge in [-0.15, -0.1) is 0 Å². The molecule has 0 unspecified atom stereocenters. The Morgan fingerprint density at radius 3 is 2.57 bits per heavy atom. The van der Waals surface area contributed by atoms with Crippen molar-refractivity contribution in [3.05, 3.63) is 51.1 Å². The normalized spacial score (nSPS) is 11.5. The van der Waals surface area contributed by atoms with Crippen LogP contribution in [0, 0.1) is 5.82 Å². The van der Waals surface area contributed by atoms with Gasteiger partial charge in [0.2, 0.25) is 10.0 Å². The van der Waals surface area contributed by atoms with Crippen LogP contribution in [-0.2, 0) is 20.5 Å². The number of anilines is 1. The van der Waals surface area contributed by atoms with Gasteiger partial charge in [-0.05, 0) is 28.1 Å². The lowest BCUT2D eigenvalue weighted by atomic mass is 10.2. The summed E-state index contributed by atoms with van der Waals surface area (Å²) in [6, 6.07) is 2.24. The molecule has 0 spiro atoms. The number of methoxy groups -OCH3 is 1. The van der Waals surface area contributed by atoms with Crippen LogP contribution in [0.4, 0.5) is 19.0 Å². The van der Waals surface area contributed by atoms with Crippen LogP contribution in [0.5, 0.6) is 0 Å². The number of benzene rings is 1. The Bertz CT molecular complexity index is 994. The standard InChI is InChI=1S/C15H12BrClF3N3O4S/c1-27-15(24)13-14(22-5-4-21-13)23(6-11(19)20)28(25,26)7-8-10(18)3-2-9(16)12(8)17/h2-5,11H,6-7H2,1H3. The van der Waals surface area contributed by atoms with Crippen LogP contribution in [0.3, 0.4) is 0 Å². The Hall–Kier alpha value is -1.92. The number of ether oxygens (including phenoxy) is 1. The first kappa shape index (κ1) is 22.4. The van der Waals surface area contributed by atoms with Crippen LogP contribution in [-0.4, -0.2) is 44.4 Å². The molecule has 152 valence electrons. The quantitative estimate of drug-likeness (QED) is 0.426. The Kier molecular flexibility index (Phi) is 7.23. The molecular weight excluding hydrogens is 491 g/mol. The monoisotopic (exact) mass is 501 g/mol. The number of carbonyl (C=O) groups is 1. The summed E-state index contributed by atoms with van der Waals surface area (Å²) in [7, 11) is -3.65. The molecule has 1 heterocycles. The zero-order valence-corrected chi connectivity index (χ0v) is 17.2. The first-order chi connectivity index (χ1) is 13.1. The molecule has 1 aromatic heterocycles. The number of esters is 1. The van der Waals surface area contributed by atoms with E-state index >= 15 is 0 Å². The first-order valence-corrected chi connectivity index (χ1v) is 10.2. The number of aromatic nitrogens is 2. The summed E-state index contributed by atoms with van der Waals surface area (Å²) in [4.78, 5) is 19.2. The lowest BCUT2D eigenvalue weighted by Crippen LogP contribution is -2.38. The highest BCUT2D eigenvalue weighted by atomic mass is 79.9. The maximum Gasteiger partial charge on any atom is 0.360 e. The van der Waals surface area contributed by atoms with Crippen LogP contribution >= 0.6 is 27.5 Å². The number of alkyl halides is 2. The van der Waals surface area contributed by atoms with Gasteiger partial charge in [0.25, 0.3) is 6.43 Å². The summed E-state index contributed by atoms with van der Waals surface area (Å²) in [5, 5.41) is -0.229.